The molecule has 0 saturated heterocycles. The lowest BCUT2D eigenvalue weighted by Gasteiger charge is -2.29. The number of imide groups is 1. The van der Waals surface area contributed by atoms with Gasteiger partial charge in [0.15, 0.2) is 5.13 Å². The molecule has 0 spiro atoms. The first-order valence-electron chi connectivity index (χ1n) is 13.5. The quantitative estimate of drug-likeness (QED) is 0.308. The van der Waals surface area contributed by atoms with Gasteiger partial charge >= 0.3 is 0 Å². The maximum Gasteiger partial charge on any atom is 0.262 e. The lowest BCUT2D eigenvalue weighted by atomic mass is 9.96. The van der Waals surface area contributed by atoms with E-state index in [1.54, 1.807) is 36.4 Å². The number of hydrogen-bond acceptors (Lipinski definition) is 7. The Labute approximate surface area is 239 Å². The summed E-state index contributed by atoms with van der Waals surface area (Å²) < 4.78 is 29.1. The highest BCUT2D eigenvalue weighted by Gasteiger charge is 2.44. The molecule has 0 bridgehead atoms. The summed E-state index contributed by atoms with van der Waals surface area (Å²) >= 11 is 1.15. The molecule has 2 heterocycles. The second kappa shape index (κ2) is 11.8. The molecule has 1 N–H and O–H groups in total. The van der Waals surface area contributed by atoms with Crippen LogP contribution in [0.25, 0.3) is 10.2 Å². The predicted octanol–water partition coefficient (Wildman–Crippen LogP) is 5.25. The van der Waals surface area contributed by atoms with Gasteiger partial charge in [-0.15, -0.1) is 0 Å². The van der Waals surface area contributed by atoms with Crippen molar-refractivity contribution in [2.75, 3.05) is 18.4 Å². The van der Waals surface area contributed by atoms with Crippen molar-refractivity contribution in [2.24, 2.45) is 17.8 Å². The van der Waals surface area contributed by atoms with Gasteiger partial charge in [-0.1, -0.05) is 71.4 Å². The van der Waals surface area contributed by atoms with Gasteiger partial charge in [-0.3, -0.25) is 19.3 Å². The smallest absolute Gasteiger partial charge is 0.262 e. The van der Waals surface area contributed by atoms with Crippen LogP contribution in [0.5, 0.6) is 0 Å². The van der Waals surface area contributed by atoms with Crippen molar-refractivity contribution in [3.05, 3.63) is 53.6 Å². The van der Waals surface area contributed by atoms with Crippen molar-refractivity contribution >= 4 is 54.4 Å². The van der Waals surface area contributed by atoms with Gasteiger partial charge in [0.1, 0.15) is 6.04 Å². The van der Waals surface area contributed by atoms with E-state index in [9.17, 15) is 22.8 Å². The highest BCUT2D eigenvalue weighted by Crippen LogP contribution is 2.32. The zero-order chi connectivity index (χ0) is 29.4. The predicted molar refractivity (Wildman–Crippen MR) is 157 cm³/mol. The lowest BCUT2D eigenvalue weighted by Crippen LogP contribution is -2.50. The standard InChI is InChI=1S/C29H36N4O5S2/c1-7-19(6)25(33-27(35)21-10-8-9-11-22(21)28(33)36)26(34)31-29-30-23-13-12-20(14-24(23)39-29)40(37,38)32(15-17(2)3)16-18(4)5/h8-14,17-19,25H,7,15-16H2,1-6H3,(H,30,31,34). The van der Waals surface area contributed by atoms with Gasteiger partial charge in [-0.05, 0) is 48.1 Å². The Kier molecular flexibility index (Phi) is 8.77. The molecule has 9 nitrogen and oxygen atoms in total. The molecular weight excluding hydrogens is 548 g/mol. The van der Waals surface area contributed by atoms with E-state index in [2.05, 4.69) is 10.3 Å². The minimum atomic E-state index is -3.73. The van der Waals surface area contributed by atoms with Crippen LogP contribution in [0.4, 0.5) is 5.13 Å². The van der Waals surface area contributed by atoms with Crippen LogP contribution in [-0.4, -0.2) is 59.5 Å². The highest BCUT2D eigenvalue weighted by atomic mass is 32.2. The van der Waals surface area contributed by atoms with E-state index in [0.717, 1.165) is 16.2 Å². The zero-order valence-electron chi connectivity index (χ0n) is 23.7. The molecular formula is C29H36N4O5S2. The number of sulfonamides is 1. The number of fused-ring (bicyclic) bond motifs is 2. The monoisotopic (exact) mass is 584 g/mol. The summed E-state index contributed by atoms with van der Waals surface area (Å²) in [5.41, 5.74) is 1.11. The Bertz CT molecular complexity index is 1500. The first-order chi connectivity index (χ1) is 18.8. The number of amides is 3. The zero-order valence-corrected chi connectivity index (χ0v) is 25.3. The molecule has 2 aromatic carbocycles. The Morgan fingerprint density at radius 3 is 2.08 bits per heavy atom. The SMILES string of the molecule is CCC(C)C(C(=O)Nc1nc2ccc(S(=O)(=O)N(CC(C)C)CC(C)C)cc2s1)N1C(=O)c2ccccc2C1=O. The van der Waals surface area contributed by atoms with Gasteiger partial charge < -0.3 is 5.32 Å². The van der Waals surface area contributed by atoms with E-state index in [1.165, 1.54) is 10.4 Å². The number of aromatic nitrogens is 1. The molecule has 1 aliphatic rings. The van der Waals surface area contributed by atoms with Crippen molar-refractivity contribution in [3.8, 4) is 0 Å². The van der Waals surface area contributed by atoms with Crippen LogP contribution in [0.3, 0.4) is 0 Å². The molecule has 3 aromatic rings. The third-order valence-electron chi connectivity index (χ3n) is 6.92. The number of carbonyl (C=O) groups is 3. The number of rotatable bonds is 11. The molecule has 2 unspecified atom stereocenters. The number of nitrogens with zero attached hydrogens (tertiary/aromatic N) is 3. The van der Waals surface area contributed by atoms with Crippen LogP contribution in [0.15, 0.2) is 47.4 Å². The Balaban J connectivity index is 1.61. The van der Waals surface area contributed by atoms with Crippen LogP contribution in [0.1, 0.15) is 68.7 Å². The van der Waals surface area contributed by atoms with Gasteiger partial charge in [0.2, 0.25) is 15.9 Å². The molecule has 1 aromatic heterocycles. The van der Waals surface area contributed by atoms with Crippen LogP contribution in [0, 0.1) is 17.8 Å². The van der Waals surface area contributed by atoms with Crippen molar-refractivity contribution in [1.82, 2.24) is 14.2 Å². The Morgan fingerprint density at radius 2 is 1.55 bits per heavy atom. The van der Waals surface area contributed by atoms with Gasteiger partial charge in [-0.2, -0.15) is 4.31 Å². The molecule has 2 atom stereocenters. The normalized spacial score (nSPS) is 15.4. The minimum Gasteiger partial charge on any atom is -0.300 e. The number of nitrogens with one attached hydrogen (secondary N) is 1. The fourth-order valence-electron chi connectivity index (χ4n) is 4.85. The molecule has 3 amide bonds. The molecule has 0 aliphatic carbocycles. The number of anilines is 1. The summed E-state index contributed by atoms with van der Waals surface area (Å²) in [7, 11) is -3.73. The van der Waals surface area contributed by atoms with E-state index in [0.29, 0.717) is 29.7 Å². The highest BCUT2D eigenvalue weighted by molar-refractivity contribution is 7.89. The molecule has 40 heavy (non-hydrogen) atoms. The first kappa shape index (κ1) is 29.8. The second-order valence-electron chi connectivity index (χ2n) is 11.1. The summed E-state index contributed by atoms with van der Waals surface area (Å²) in [6.07, 6.45) is 0.565. The minimum absolute atomic E-state index is 0.170. The topological polar surface area (TPSA) is 117 Å². The maximum atomic E-state index is 13.5. The molecule has 0 saturated carbocycles. The number of carbonyl (C=O) groups excluding carboxylic acids is 3. The van der Waals surface area contributed by atoms with Crippen molar-refractivity contribution < 1.29 is 22.8 Å². The van der Waals surface area contributed by atoms with Crippen molar-refractivity contribution in [1.29, 1.82) is 0 Å². The second-order valence-corrected chi connectivity index (χ2v) is 14.1. The summed E-state index contributed by atoms with van der Waals surface area (Å²) in [5.74, 6) is -1.47. The van der Waals surface area contributed by atoms with Gasteiger partial charge in [0, 0.05) is 13.1 Å². The van der Waals surface area contributed by atoms with Crippen LogP contribution in [0.2, 0.25) is 0 Å². The fraction of sp³-hybridized carbons (Fsp3) is 0.448. The first-order valence-corrected chi connectivity index (χ1v) is 15.8. The number of hydrogen-bond donors (Lipinski definition) is 1. The van der Waals surface area contributed by atoms with Gasteiger partial charge in [0.05, 0.1) is 26.2 Å². The number of benzene rings is 2. The summed E-state index contributed by atoms with van der Waals surface area (Å²) in [6.45, 7) is 12.5. The largest absolute Gasteiger partial charge is 0.300 e. The van der Waals surface area contributed by atoms with E-state index in [1.807, 2.05) is 41.5 Å². The number of thiazole rings is 1. The van der Waals surface area contributed by atoms with E-state index in [4.69, 9.17) is 0 Å². The van der Waals surface area contributed by atoms with Crippen molar-refractivity contribution in [2.45, 2.75) is 58.9 Å². The summed E-state index contributed by atoms with van der Waals surface area (Å²) in [4.78, 5) is 45.5. The molecule has 1 aliphatic heterocycles. The average molecular weight is 585 g/mol. The lowest BCUT2D eigenvalue weighted by molar-refractivity contribution is -0.121. The van der Waals surface area contributed by atoms with E-state index < -0.39 is 33.8 Å². The third kappa shape index (κ3) is 5.82. The van der Waals surface area contributed by atoms with Crippen molar-refractivity contribution in [3.63, 3.8) is 0 Å². The van der Waals surface area contributed by atoms with E-state index >= 15 is 0 Å². The summed E-state index contributed by atoms with van der Waals surface area (Å²) in [6, 6.07) is 10.3. The van der Waals surface area contributed by atoms with Crippen LogP contribution < -0.4 is 5.32 Å². The summed E-state index contributed by atoms with van der Waals surface area (Å²) in [5, 5.41) is 3.05. The molecule has 4 rings (SSSR count). The van der Waals surface area contributed by atoms with E-state index in [-0.39, 0.29) is 38.9 Å². The maximum absolute atomic E-state index is 13.5. The van der Waals surface area contributed by atoms with Crippen LogP contribution in [-0.2, 0) is 14.8 Å². The fourth-order valence-corrected chi connectivity index (χ4v) is 7.62. The van der Waals surface area contributed by atoms with Gasteiger partial charge in [-0.25, -0.2) is 13.4 Å². The molecule has 0 radical (unpaired) electrons. The van der Waals surface area contributed by atoms with Gasteiger partial charge in [0.25, 0.3) is 11.8 Å². The Morgan fingerprint density at radius 1 is 0.975 bits per heavy atom. The average Bonchev–Trinajstić information content (AvgIpc) is 3.41. The molecule has 0 fully saturated rings. The molecule has 11 heteroatoms. The third-order valence-corrected chi connectivity index (χ3v) is 9.68. The van der Waals surface area contributed by atoms with Crippen LogP contribution >= 0.6 is 11.3 Å². The Hall–Kier alpha value is -3.15. The molecule has 214 valence electrons.